The van der Waals surface area contributed by atoms with E-state index in [-0.39, 0.29) is 28.6 Å². The van der Waals surface area contributed by atoms with Crippen LogP contribution < -0.4 is 5.56 Å². The summed E-state index contributed by atoms with van der Waals surface area (Å²) in [6, 6.07) is 2.05. The molecule has 0 bridgehead atoms. The van der Waals surface area contributed by atoms with Crippen LogP contribution in [0.1, 0.15) is 39.5 Å². The lowest BCUT2D eigenvalue weighted by Crippen LogP contribution is -2.38. The van der Waals surface area contributed by atoms with Crippen molar-refractivity contribution in [2.75, 3.05) is 6.54 Å². The summed E-state index contributed by atoms with van der Waals surface area (Å²) in [4.78, 5) is 34.8. The summed E-state index contributed by atoms with van der Waals surface area (Å²) >= 11 is 1.73. The lowest BCUT2D eigenvalue weighted by Gasteiger charge is -2.33. The first-order valence-corrected chi connectivity index (χ1v) is 8.30. The van der Waals surface area contributed by atoms with E-state index in [4.69, 9.17) is 4.42 Å². The number of aromatic nitrogens is 2. The number of furan rings is 1. The fourth-order valence-corrected chi connectivity index (χ4v) is 4.20. The molecule has 4 rings (SSSR count). The summed E-state index contributed by atoms with van der Waals surface area (Å²) in [5.74, 6) is 0.251. The molecule has 6 nitrogen and oxygen atoms in total. The summed E-state index contributed by atoms with van der Waals surface area (Å²) in [6.07, 6.45) is 2.12. The summed E-state index contributed by atoms with van der Waals surface area (Å²) in [7, 11) is 0. The van der Waals surface area contributed by atoms with Gasteiger partial charge in [-0.05, 0) is 37.3 Å². The zero-order valence-electron chi connectivity index (χ0n) is 12.8. The van der Waals surface area contributed by atoms with Gasteiger partial charge in [-0.2, -0.15) is 0 Å². The van der Waals surface area contributed by atoms with Gasteiger partial charge >= 0.3 is 0 Å². The van der Waals surface area contributed by atoms with Crippen LogP contribution in [0.5, 0.6) is 0 Å². The molecule has 0 fully saturated rings. The monoisotopic (exact) mass is 329 g/mol. The average Bonchev–Trinajstić information content (AvgIpc) is 3.12. The number of hydrogen-bond acceptors (Lipinski definition) is 5. The van der Waals surface area contributed by atoms with Crippen LogP contribution in [0.25, 0.3) is 11.1 Å². The minimum Gasteiger partial charge on any atom is -0.442 e. The minimum atomic E-state index is -0.351. The predicted molar refractivity (Wildman–Crippen MR) is 86.8 cm³/mol. The summed E-state index contributed by atoms with van der Waals surface area (Å²) in [6.45, 7) is 4.35. The number of rotatable bonds is 1. The molecule has 1 aliphatic rings. The van der Waals surface area contributed by atoms with Crippen LogP contribution in [0.3, 0.4) is 0 Å². The normalized spacial score (nSPS) is 17.5. The molecule has 1 N–H and O–H groups in total. The molecule has 3 aromatic rings. The van der Waals surface area contributed by atoms with E-state index in [0.717, 1.165) is 6.42 Å². The Morgan fingerprint density at radius 2 is 2.35 bits per heavy atom. The number of nitrogens with one attached hydrogen (secondary N) is 1. The third-order valence-electron chi connectivity index (χ3n) is 4.42. The fraction of sp³-hybridized carbons (Fsp3) is 0.312. The summed E-state index contributed by atoms with van der Waals surface area (Å²) < 4.78 is 5.50. The predicted octanol–water partition coefficient (Wildman–Crippen LogP) is 2.65. The highest BCUT2D eigenvalue weighted by Gasteiger charge is 2.32. The molecule has 118 valence electrons. The highest BCUT2D eigenvalue weighted by molar-refractivity contribution is 7.10. The second kappa shape index (κ2) is 5.06. The van der Waals surface area contributed by atoms with E-state index in [1.165, 1.54) is 16.8 Å². The van der Waals surface area contributed by atoms with Gasteiger partial charge in [0.25, 0.3) is 11.5 Å². The van der Waals surface area contributed by atoms with Crippen molar-refractivity contribution in [3.8, 4) is 0 Å². The Bertz CT molecular complexity index is 969. The molecule has 3 aromatic heterocycles. The maximum atomic E-state index is 13.1. The van der Waals surface area contributed by atoms with E-state index in [2.05, 4.69) is 21.4 Å². The molecule has 0 saturated heterocycles. The van der Waals surface area contributed by atoms with E-state index in [1.54, 1.807) is 23.2 Å². The Morgan fingerprint density at radius 3 is 3.17 bits per heavy atom. The first kappa shape index (κ1) is 14.2. The molecule has 1 atom stereocenters. The van der Waals surface area contributed by atoms with Crippen molar-refractivity contribution in [2.45, 2.75) is 26.3 Å². The van der Waals surface area contributed by atoms with Gasteiger partial charge in [-0.1, -0.05) is 0 Å². The maximum Gasteiger partial charge on any atom is 0.262 e. The fourth-order valence-electron chi connectivity index (χ4n) is 3.24. The number of fused-ring (bicyclic) bond motifs is 2. The average molecular weight is 329 g/mol. The molecule has 0 spiro atoms. The zero-order chi connectivity index (χ0) is 16.1. The van der Waals surface area contributed by atoms with Gasteiger partial charge in [-0.25, -0.2) is 4.98 Å². The SMILES string of the molecule is Cc1oc2nc[nH]c(=O)c2c1C(=O)N1CCc2sccc2C1C. The van der Waals surface area contributed by atoms with E-state index in [1.807, 2.05) is 6.92 Å². The number of carbonyl (C=O) groups excluding carboxylic acids is 1. The number of carbonyl (C=O) groups is 1. The molecular formula is C16H15N3O3S. The van der Waals surface area contributed by atoms with Crippen LogP contribution >= 0.6 is 11.3 Å². The van der Waals surface area contributed by atoms with Gasteiger partial charge in [0, 0.05) is 11.4 Å². The minimum absolute atomic E-state index is 0.0161. The summed E-state index contributed by atoms with van der Waals surface area (Å²) in [5.41, 5.74) is 1.36. The third kappa shape index (κ3) is 2.03. The van der Waals surface area contributed by atoms with Gasteiger partial charge in [-0.3, -0.25) is 9.59 Å². The van der Waals surface area contributed by atoms with Crippen molar-refractivity contribution >= 4 is 28.3 Å². The second-order valence-electron chi connectivity index (χ2n) is 5.67. The van der Waals surface area contributed by atoms with Crippen molar-refractivity contribution in [1.29, 1.82) is 0 Å². The van der Waals surface area contributed by atoms with E-state index < -0.39 is 0 Å². The molecule has 0 aromatic carbocycles. The van der Waals surface area contributed by atoms with Crippen molar-refractivity contribution in [1.82, 2.24) is 14.9 Å². The Labute approximate surface area is 135 Å². The van der Waals surface area contributed by atoms with Crippen LogP contribution in [-0.2, 0) is 6.42 Å². The topological polar surface area (TPSA) is 79.2 Å². The van der Waals surface area contributed by atoms with E-state index in [9.17, 15) is 9.59 Å². The molecule has 4 heterocycles. The van der Waals surface area contributed by atoms with E-state index >= 15 is 0 Å². The first-order chi connectivity index (χ1) is 11.1. The van der Waals surface area contributed by atoms with Crippen molar-refractivity contribution in [3.63, 3.8) is 0 Å². The molecular weight excluding hydrogens is 314 g/mol. The molecule has 1 unspecified atom stereocenters. The molecule has 0 aliphatic carbocycles. The lowest BCUT2D eigenvalue weighted by molar-refractivity contribution is 0.0679. The smallest absolute Gasteiger partial charge is 0.262 e. The maximum absolute atomic E-state index is 13.1. The van der Waals surface area contributed by atoms with Gasteiger partial charge < -0.3 is 14.3 Å². The Hall–Kier alpha value is -2.41. The quantitative estimate of drug-likeness (QED) is 0.744. The summed E-state index contributed by atoms with van der Waals surface area (Å²) in [5, 5.41) is 2.29. The van der Waals surface area contributed by atoms with Crippen molar-refractivity contribution in [2.24, 2.45) is 0 Å². The van der Waals surface area contributed by atoms with Crippen LogP contribution in [-0.4, -0.2) is 27.3 Å². The molecule has 23 heavy (non-hydrogen) atoms. The standard InChI is InChI=1S/C16H15N3O3S/c1-8-10-4-6-23-11(10)3-5-19(8)16(21)12-9(2)22-15-13(12)14(20)17-7-18-15/h4,6-8H,3,5H2,1-2H3,(H,17,18,20). The molecule has 1 aliphatic heterocycles. The molecule has 0 saturated carbocycles. The van der Waals surface area contributed by atoms with Gasteiger partial charge in [0.2, 0.25) is 5.71 Å². The number of H-pyrrole nitrogens is 1. The van der Waals surface area contributed by atoms with Crippen molar-refractivity contribution < 1.29 is 9.21 Å². The van der Waals surface area contributed by atoms with Gasteiger partial charge in [0.15, 0.2) is 0 Å². The molecule has 0 radical (unpaired) electrons. The number of aryl methyl sites for hydroxylation is 1. The van der Waals surface area contributed by atoms with Gasteiger partial charge in [0.05, 0.1) is 17.9 Å². The van der Waals surface area contributed by atoms with Crippen LogP contribution in [0.15, 0.2) is 27.0 Å². The van der Waals surface area contributed by atoms with Crippen LogP contribution in [0.4, 0.5) is 0 Å². The van der Waals surface area contributed by atoms with Gasteiger partial charge in [0.1, 0.15) is 11.1 Å². The second-order valence-corrected chi connectivity index (χ2v) is 6.67. The Balaban J connectivity index is 1.82. The first-order valence-electron chi connectivity index (χ1n) is 7.42. The number of thiophene rings is 1. The Kier molecular flexibility index (Phi) is 3.12. The lowest BCUT2D eigenvalue weighted by atomic mass is 10.00. The molecule has 7 heteroatoms. The number of amides is 1. The van der Waals surface area contributed by atoms with Gasteiger partial charge in [-0.15, -0.1) is 11.3 Å². The van der Waals surface area contributed by atoms with Crippen molar-refractivity contribution in [3.05, 3.63) is 49.9 Å². The number of hydrogen-bond donors (Lipinski definition) is 1. The van der Waals surface area contributed by atoms with Crippen LogP contribution in [0, 0.1) is 6.92 Å². The highest BCUT2D eigenvalue weighted by Crippen LogP contribution is 2.35. The van der Waals surface area contributed by atoms with Crippen LogP contribution in [0.2, 0.25) is 0 Å². The van der Waals surface area contributed by atoms with E-state index in [0.29, 0.717) is 17.9 Å². The third-order valence-corrected chi connectivity index (χ3v) is 5.42. The molecule has 1 amide bonds. The number of nitrogens with zero attached hydrogens (tertiary/aromatic N) is 2. The Morgan fingerprint density at radius 1 is 1.52 bits per heavy atom. The largest absolute Gasteiger partial charge is 0.442 e. The number of aromatic amines is 1. The zero-order valence-corrected chi connectivity index (χ0v) is 13.6. The highest BCUT2D eigenvalue weighted by atomic mass is 32.1.